The molecule has 6 nitrogen and oxygen atoms in total. The minimum Gasteiger partial charge on any atom is -0.446 e. The molecular formula is C30H32N4O2. The Hall–Kier alpha value is -3.80. The summed E-state index contributed by atoms with van der Waals surface area (Å²) in [4.78, 5) is 17.0. The Bertz CT molecular complexity index is 1430. The van der Waals surface area contributed by atoms with E-state index < -0.39 is 6.09 Å². The number of anilines is 2. The molecule has 0 spiro atoms. The van der Waals surface area contributed by atoms with Crippen molar-refractivity contribution in [2.24, 2.45) is 5.92 Å². The van der Waals surface area contributed by atoms with E-state index in [4.69, 9.17) is 15.5 Å². The topological polar surface area (TPSA) is 82.2 Å². The number of nitrogen functional groups attached to an aromatic ring is 1. The predicted molar refractivity (Wildman–Crippen MR) is 145 cm³/mol. The summed E-state index contributed by atoms with van der Waals surface area (Å²) in [5, 5.41) is 3.92. The van der Waals surface area contributed by atoms with Crippen molar-refractivity contribution in [3.05, 3.63) is 66.4 Å². The van der Waals surface area contributed by atoms with Gasteiger partial charge in [-0.1, -0.05) is 30.3 Å². The highest BCUT2D eigenvalue weighted by Gasteiger charge is 2.31. The molecule has 2 aliphatic rings. The van der Waals surface area contributed by atoms with Gasteiger partial charge >= 0.3 is 6.09 Å². The van der Waals surface area contributed by atoms with Crippen LogP contribution in [0.15, 0.2) is 60.7 Å². The van der Waals surface area contributed by atoms with Gasteiger partial charge in [-0.3, -0.25) is 10.3 Å². The van der Waals surface area contributed by atoms with Crippen molar-refractivity contribution >= 4 is 28.4 Å². The molecule has 0 unspecified atom stereocenters. The van der Waals surface area contributed by atoms with Gasteiger partial charge in [-0.25, -0.2) is 4.79 Å². The number of nitrogens with one attached hydrogen (secondary N) is 1. The Morgan fingerprint density at radius 1 is 1.06 bits per heavy atom. The van der Waals surface area contributed by atoms with Gasteiger partial charge in [-0.05, 0) is 82.2 Å². The molecule has 184 valence electrons. The number of pyridine rings is 1. The van der Waals surface area contributed by atoms with Crippen molar-refractivity contribution in [1.29, 1.82) is 0 Å². The fourth-order valence-corrected chi connectivity index (χ4v) is 5.21. The van der Waals surface area contributed by atoms with Gasteiger partial charge in [-0.15, -0.1) is 0 Å². The van der Waals surface area contributed by atoms with Crippen LogP contribution in [0, 0.1) is 12.8 Å². The molecule has 0 radical (unpaired) electrons. The normalized spacial score (nSPS) is 16.5. The quantitative estimate of drug-likeness (QED) is 0.303. The Labute approximate surface area is 211 Å². The van der Waals surface area contributed by atoms with Crippen molar-refractivity contribution in [2.45, 2.75) is 58.1 Å². The van der Waals surface area contributed by atoms with Crippen molar-refractivity contribution in [3.8, 4) is 22.5 Å². The first kappa shape index (κ1) is 22.7. The van der Waals surface area contributed by atoms with Gasteiger partial charge in [0.15, 0.2) is 0 Å². The second kappa shape index (κ2) is 9.01. The number of nitrogens with two attached hydrogens (primary N) is 1. The summed E-state index contributed by atoms with van der Waals surface area (Å²) in [7, 11) is 0. The Morgan fingerprint density at radius 3 is 2.47 bits per heavy atom. The molecule has 2 aliphatic carbocycles. The number of carbonyl (C=O) groups is 1. The van der Waals surface area contributed by atoms with Crippen LogP contribution >= 0.6 is 0 Å². The van der Waals surface area contributed by atoms with E-state index >= 15 is 0 Å². The van der Waals surface area contributed by atoms with E-state index in [1.807, 2.05) is 50.2 Å². The molecule has 36 heavy (non-hydrogen) atoms. The number of hydrogen-bond donors (Lipinski definition) is 2. The molecule has 2 saturated carbocycles. The Balaban J connectivity index is 1.34. The largest absolute Gasteiger partial charge is 0.446 e. The van der Waals surface area contributed by atoms with Crippen molar-refractivity contribution in [3.63, 3.8) is 0 Å². The third-order valence-electron chi connectivity index (χ3n) is 7.65. The standard InChI is InChI=1S/C30H32N4O2/c1-18-5-3-8-26(32-18)22-13-16-25-27(17-22)34(24-6-4-7-24)29(28(25)31)21-11-14-23(15-12-21)33-30(35)36-19(2)20-9-10-20/h3,5,8,11-17,19-20,24H,4,6-7,9-10,31H2,1-2H3,(H,33,35)/t19-/m1/s1. The second-order valence-electron chi connectivity index (χ2n) is 10.3. The molecule has 3 N–H and O–H groups in total. The zero-order chi connectivity index (χ0) is 24.8. The van der Waals surface area contributed by atoms with Crippen LogP contribution in [-0.2, 0) is 4.74 Å². The maximum atomic E-state index is 12.3. The van der Waals surface area contributed by atoms with Crippen molar-refractivity contribution < 1.29 is 9.53 Å². The van der Waals surface area contributed by atoms with Crippen LogP contribution in [0.2, 0.25) is 0 Å². The fourth-order valence-electron chi connectivity index (χ4n) is 5.21. The number of benzene rings is 2. The number of amides is 1. The number of ether oxygens (including phenoxy) is 1. The zero-order valence-electron chi connectivity index (χ0n) is 20.8. The minimum absolute atomic E-state index is 0.0397. The molecule has 2 fully saturated rings. The van der Waals surface area contributed by atoms with E-state index in [1.54, 1.807) is 0 Å². The highest BCUT2D eigenvalue weighted by molar-refractivity contribution is 6.02. The van der Waals surface area contributed by atoms with E-state index in [0.29, 0.717) is 17.6 Å². The van der Waals surface area contributed by atoms with Gasteiger partial charge in [-0.2, -0.15) is 0 Å². The highest BCUT2D eigenvalue weighted by Crippen LogP contribution is 2.45. The molecule has 0 saturated heterocycles. The maximum absolute atomic E-state index is 12.3. The summed E-state index contributed by atoms with van der Waals surface area (Å²) < 4.78 is 7.92. The first-order chi connectivity index (χ1) is 17.5. The molecule has 2 aromatic carbocycles. The number of aryl methyl sites for hydroxylation is 1. The average Bonchev–Trinajstić information content (AvgIpc) is 3.65. The van der Waals surface area contributed by atoms with Gasteiger partial charge in [0.25, 0.3) is 0 Å². The van der Waals surface area contributed by atoms with Crippen molar-refractivity contribution in [2.75, 3.05) is 11.1 Å². The van der Waals surface area contributed by atoms with Gasteiger partial charge in [0.1, 0.15) is 6.10 Å². The smallest absolute Gasteiger partial charge is 0.411 e. The minimum atomic E-state index is -0.400. The molecule has 6 rings (SSSR count). The summed E-state index contributed by atoms with van der Waals surface area (Å²) in [5.41, 5.74) is 14.6. The summed E-state index contributed by atoms with van der Waals surface area (Å²) in [6, 6.07) is 20.9. The average molecular weight is 481 g/mol. The first-order valence-electron chi connectivity index (χ1n) is 12.9. The predicted octanol–water partition coefficient (Wildman–Crippen LogP) is 7.33. The Kier molecular flexibility index (Phi) is 5.67. The lowest BCUT2D eigenvalue weighted by Gasteiger charge is -2.30. The summed E-state index contributed by atoms with van der Waals surface area (Å²) >= 11 is 0. The van der Waals surface area contributed by atoms with Gasteiger partial charge in [0.05, 0.1) is 22.6 Å². The van der Waals surface area contributed by atoms with Crippen LogP contribution in [-0.4, -0.2) is 21.7 Å². The van der Waals surface area contributed by atoms with Crippen LogP contribution in [0.25, 0.3) is 33.4 Å². The maximum Gasteiger partial charge on any atom is 0.411 e. The molecule has 0 aliphatic heterocycles. The first-order valence-corrected chi connectivity index (χ1v) is 12.9. The Morgan fingerprint density at radius 2 is 1.81 bits per heavy atom. The molecule has 6 heteroatoms. The molecular weight excluding hydrogens is 448 g/mol. The molecule has 2 heterocycles. The number of hydrogen-bond acceptors (Lipinski definition) is 4. The van der Waals surface area contributed by atoms with E-state index in [0.717, 1.165) is 70.5 Å². The monoisotopic (exact) mass is 480 g/mol. The summed E-state index contributed by atoms with van der Waals surface area (Å²) in [5.74, 6) is 0.511. The number of rotatable bonds is 6. The number of nitrogens with zero attached hydrogens (tertiary/aromatic N) is 2. The van der Waals surface area contributed by atoms with E-state index in [9.17, 15) is 4.79 Å². The van der Waals surface area contributed by atoms with Crippen LogP contribution in [0.5, 0.6) is 0 Å². The fraction of sp³-hybridized carbons (Fsp3) is 0.333. The number of aromatic nitrogens is 2. The van der Waals surface area contributed by atoms with Crippen LogP contribution in [0.4, 0.5) is 16.2 Å². The lowest BCUT2D eigenvalue weighted by atomic mass is 9.92. The highest BCUT2D eigenvalue weighted by atomic mass is 16.6. The lowest BCUT2D eigenvalue weighted by Crippen LogP contribution is -2.21. The molecule has 1 atom stereocenters. The summed E-state index contributed by atoms with van der Waals surface area (Å²) in [6.07, 6.45) is 5.37. The van der Waals surface area contributed by atoms with E-state index in [2.05, 4.69) is 34.1 Å². The van der Waals surface area contributed by atoms with Gasteiger partial charge < -0.3 is 15.0 Å². The SMILES string of the molecule is Cc1cccc(-c2ccc3c(N)c(-c4ccc(NC(=O)O[C@H](C)C5CC5)cc4)n(C4CCC4)c3c2)n1. The van der Waals surface area contributed by atoms with E-state index in [-0.39, 0.29) is 6.10 Å². The third kappa shape index (κ3) is 4.21. The molecule has 0 bridgehead atoms. The van der Waals surface area contributed by atoms with Crippen LogP contribution in [0.1, 0.15) is 50.8 Å². The van der Waals surface area contributed by atoms with E-state index in [1.165, 1.54) is 6.42 Å². The molecule has 2 aromatic heterocycles. The second-order valence-corrected chi connectivity index (χ2v) is 10.3. The summed E-state index contributed by atoms with van der Waals surface area (Å²) in [6.45, 7) is 3.98. The zero-order valence-corrected chi connectivity index (χ0v) is 20.8. The van der Waals surface area contributed by atoms with Gasteiger partial charge in [0.2, 0.25) is 0 Å². The van der Waals surface area contributed by atoms with Gasteiger partial charge in [0, 0.05) is 33.9 Å². The van der Waals surface area contributed by atoms with Crippen LogP contribution < -0.4 is 11.1 Å². The number of carbonyl (C=O) groups excluding carboxylic acids is 1. The molecule has 4 aromatic rings. The third-order valence-corrected chi connectivity index (χ3v) is 7.65. The van der Waals surface area contributed by atoms with Crippen LogP contribution in [0.3, 0.4) is 0 Å². The number of fused-ring (bicyclic) bond motifs is 1. The molecule has 1 amide bonds. The lowest BCUT2D eigenvalue weighted by molar-refractivity contribution is 0.108. The van der Waals surface area contributed by atoms with Crippen molar-refractivity contribution in [1.82, 2.24) is 9.55 Å².